The molecule has 0 bridgehead atoms. The Morgan fingerprint density at radius 1 is 1.14 bits per heavy atom. The number of aromatic nitrogens is 2. The van der Waals surface area contributed by atoms with Crippen LogP contribution in [0.15, 0.2) is 54.9 Å². The summed E-state index contributed by atoms with van der Waals surface area (Å²) >= 11 is 5.81. The smallest absolute Gasteiger partial charge is 0.146 e. The van der Waals surface area contributed by atoms with Crippen LogP contribution in [0.4, 0.5) is 10.1 Å². The van der Waals surface area contributed by atoms with Crippen LogP contribution in [0.2, 0.25) is 5.02 Å². The van der Waals surface area contributed by atoms with Crippen LogP contribution in [-0.4, -0.2) is 9.55 Å². The predicted octanol–water partition coefficient (Wildman–Crippen LogP) is 3.97. The predicted molar refractivity (Wildman–Crippen MR) is 82.6 cm³/mol. The molecule has 2 N–H and O–H groups in total. The first-order valence-corrected chi connectivity index (χ1v) is 6.83. The first kappa shape index (κ1) is 13.6. The standard InChI is InChI=1S/C16H13ClFN3/c17-14-3-1-2-12(15(14)18)10-21-9-8-20-16(21)11-4-6-13(19)7-5-11/h1-9H,10,19H2. The second kappa shape index (κ2) is 5.58. The molecule has 5 heteroatoms. The molecule has 0 unspecified atom stereocenters. The molecule has 3 nitrogen and oxygen atoms in total. The van der Waals surface area contributed by atoms with E-state index in [0.717, 1.165) is 11.4 Å². The van der Waals surface area contributed by atoms with E-state index in [4.69, 9.17) is 17.3 Å². The number of imidazole rings is 1. The number of anilines is 1. The van der Waals surface area contributed by atoms with Gasteiger partial charge in [-0.1, -0.05) is 23.7 Å². The Morgan fingerprint density at radius 2 is 1.90 bits per heavy atom. The normalized spacial score (nSPS) is 10.8. The molecule has 21 heavy (non-hydrogen) atoms. The molecule has 0 atom stereocenters. The van der Waals surface area contributed by atoms with E-state index < -0.39 is 5.82 Å². The van der Waals surface area contributed by atoms with Gasteiger partial charge in [-0.2, -0.15) is 0 Å². The van der Waals surface area contributed by atoms with E-state index in [1.165, 1.54) is 6.07 Å². The van der Waals surface area contributed by atoms with E-state index in [0.29, 0.717) is 17.8 Å². The third-order valence-electron chi connectivity index (χ3n) is 3.26. The topological polar surface area (TPSA) is 43.8 Å². The molecular weight excluding hydrogens is 289 g/mol. The average Bonchev–Trinajstić information content (AvgIpc) is 2.93. The number of nitrogens with two attached hydrogens (primary N) is 1. The van der Waals surface area contributed by atoms with Crippen molar-refractivity contribution in [1.82, 2.24) is 9.55 Å². The lowest BCUT2D eigenvalue weighted by molar-refractivity contribution is 0.600. The molecule has 0 aliphatic heterocycles. The number of nitrogens with zero attached hydrogens (tertiary/aromatic N) is 2. The van der Waals surface area contributed by atoms with Crippen molar-refractivity contribution in [2.75, 3.05) is 5.73 Å². The van der Waals surface area contributed by atoms with Gasteiger partial charge in [0.1, 0.15) is 11.6 Å². The largest absolute Gasteiger partial charge is 0.399 e. The summed E-state index contributed by atoms with van der Waals surface area (Å²) in [7, 11) is 0. The fourth-order valence-electron chi connectivity index (χ4n) is 2.18. The highest BCUT2D eigenvalue weighted by molar-refractivity contribution is 6.30. The van der Waals surface area contributed by atoms with Crippen molar-refractivity contribution >= 4 is 17.3 Å². The first-order valence-electron chi connectivity index (χ1n) is 6.45. The van der Waals surface area contributed by atoms with Crippen LogP contribution in [0.5, 0.6) is 0 Å². The van der Waals surface area contributed by atoms with E-state index in [2.05, 4.69) is 4.98 Å². The number of halogens is 2. The minimum atomic E-state index is -0.392. The Balaban J connectivity index is 1.96. The van der Waals surface area contributed by atoms with Crippen LogP contribution in [0.1, 0.15) is 5.56 Å². The third kappa shape index (κ3) is 2.76. The highest BCUT2D eigenvalue weighted by atomic mass is 35.5. The molecule has 0 aliphatic carbocycles. The van der Waals surface area contributed by atoms with Crippen molar-refractivity contribution in [3.63, 3.8) is 0 Å². The van der Waals surface area contributed by atoms with E-state index in [9.17, 15) is 4.39 Å². The zero-order chi connectivity index (χ0) is 14.8. The van der Waals surface area contributed by atoms with Gasteiger partial charge < -0.3 is 10.3 Å². The van der Waals surface area contributed by atoms with Crippen LogP contribution in [0.25, 0.3) is 11.4 Å². The summed E-state index contributed by atoms with van der Waals surface area (Å²) < 4.78 is 15.9. The number of hydrogen-bond donors (Lipinski definition) is 1. The van der Waals surface area contributed by atoms with Crippen molar-refractivity contribution in [1.29, 1.82) is 0 Å². The molecule has 1 heterocycles. The van der Waals surface area contributed by atoms with Gasteiger partial charge in [0.15, 0.2) is 0 Å². The van der Waals surface area contributed by atoms with Gasteiger partial charge in [-0.25, -0.2) is 9.37 Å². The van der Waals surface area contributed by atoms with Gasteiger partial charge in [0.2, 0.25) is 0 Å². The molecule has 0 aliphatic rings. The third-order valence-corrected chi connectivity index (χ3v) is 3.55. The fourth-order valence-corrected chi connectivity index (χ4v) is 2.38. The van der Waals surface area contributed by atoms with Gasteiger partial charge in [0, 0.05) is 29.2 Å². The van der Waals surface area contributed by atoms with E-state index >= 15 is 0 Å². The molecule has 0 amide bonds. The maximum Gasteiger partial charge on any atom is 0.146 e. The van der Waals surface area contributed by atoms with E-state index in [1.807, 2.05) is 35.0 Å². The monoisotopic (exact) mass is 301 g/mol. The average molecular weight is 302 g/mol. The lowest BCUT2D eigenvalue weighted by atomic mass is 10.1. The number of hydrogen-bond acceptors (Lipinski definition) is 2. The van der Waals surface area contributed by atoms with E-state index in [-0.39, 0.29) is 5.02 Å². The number of benzene rings is 2. The lowest BCUT2D eigenvalue weighted by Crippen LogP contribution is -2.03. The summed E-state index contributed by atoms with van der Waals surface area (Å²) in [5.41, 5.74) is 7.83. The molecule has 0 radical (unpaired) electrons. The van der Waals surface area contributed by atoms with Crippen LogP contribution < -0.4 is 5.73 Å². The number of nitrogen functional groups attached to an aromatic ring is 1. The molecule has 0 fully saturated rings. The second-order valence-corrected chi connectivity index (χ2v) is 5.12. The maximum atomic E-state index is 14.0. The van der Waals surface area contributed by atoms with Crippen molar-refractivity contribution in [2.24, 2.45) is 0 Å². The summed E-state index contributed by atoms with van der Waals surface area (Å²) in [6.07, 6.45) is 3.50. The van der Waals surface area contributed by atoms with Crippen molar-refractivity contribution in [3.05, 3.63) is 71.3 Å². The SMILES string of the molecule is Nc1ccc(-c2nccn2Cc2cccc(Cl)c2F)cc1. The zero-order valence-corrected chi connectivity index (χ0v) is 11.9. The summed E-state index contributed by atoms with van der Waals surface area (Å²) in [5.74, 6) is 0.366. The molecule has 0 saturated heterocycles. The van der Waals surface area contributed by atoms with Gasteiger partial charge in [0.25, 0.3) is 0 Å². The Morgan fingerprint density at radius 3 is 2.67 bits per heavy atom. The molecule has 3 rings (SSSR count). The minimum Gasteiger partial charge on any atom is -0.399 e. The van der Waals surface area contributed by atoms with E-state index in [1.54, 1.807) is 18.3 Å². The van der Waals surface area contributed by atoms with Gasteiger partial charge >= 0.3 is 0 Å². The highest BCUT2D eigenvalue weighted by Gasteiger charge is 2.10. The Bertz CT molecular complexity index is 765. The summed E-state index contributed by atoms with van der Waals surface area (Å²) in [6, 6.07) is 12.4. The molecule has 106 valence electrons. The van der Waals surface area contributed by atoms with Crippen LogP contribution in [0, 0.1) is 5.82 Å². The van der Waals surface area contributed by atoms with Crippen LogP contribution in [0.3, 0.4) is 0 Å². The molecule has 3 aromatic rings. The Hall–Kier alpha value is -2.33. The summed E-state index contributed by atoms with van der Waals surface area (Å²) in [6.45, 7) is 0.367. The van der Waals surface area contributed by atoms with Gasteiger partial charge in [-0.15, -0.1) is 0 Å². The molecular formula is C16H13ClFN3. The maximum absolute atomic E-state index is 14.0. The summed E-state index contributed by atoms with van der Waals surface area (Å²) in [4.78, 5) is 4.33. The highest BCUT2D eigenvalue weighted by Crippen LogP contribution is 2.23. The van der Waals surface area contributed by atoms with Gasteiger partial charge in [-0.05, 0) is 30.3 Å². The lowest BCUT2D eigenvalue weighted by Gasteiger charge is -2.10. The molecule has 0 saturated carbocycles. The van der Waals surface area contributed by atoms with Crippen LogP contribution >= 0.6 is 11.6 Å². The minimum absolute atomic E-state index is 0.127. The van der Waals surface area contributed by atoms with Crippen molar-refractivity contribution in [3.8, 4) is 11.4 Å². The van der Waals surface area contributed by atoms with Crippen molar-refractivity contribution < 1.29 is 4.39 Å². The molecule has 1 aromatic heterocycles. The molecule has 2 aromatic carbocycles. The Labute approximate surface area is 126 Å². The van der Waals surface area contributed by atoms with Crippen molar-refractivity contribution in [2.45, 2.75) is 6.54 Å². The summed E-state index contributed by atoms with van der Waals surface area (Å²) in [5, 5.41) is 0.127. The van der Waals surface area contributed by atoms with Gasteiger partial charge in [0.05, 0.1) is 11.6 Å². The zero-order valence-electron chi connectivity index (χ0n) is 11.1. The molecule has 0 spiro atoms. The number of rotatable bonds is 3. The second-order valence-electron chi connectivity index (χ2n) is 4.71. The Kier molecular flexibility index (Phi) is 3.62. The first-order chi connectivity index (χ1) is 10.1. The van der Waals surface area contributed by atoms with Crippen LogP contribution in [-0.2, 0) is 6.54 Å². The quantitative estimate of drug-likeness (QED) is 0.744. The van der Waals surface area contributed by atoms with Gasteiger partial charge in [-0.3, -0.25) is 0 Å². The fraction of sp³-hybridized carbons (Fsp3) is 0.0625.